The number of benzene rings is 1. The number of rotatable bonds is 6. The number of hydrogen-bond acceptors (Lipinski definition) is 2. The van der Waals surface area contributed by atoms with Crippen LogP contribution in [-0.4, -0.2) is 5.97 Å². The Labute approximate surface area is 192 Å². The van der Waals surface area contributed by atoms with Crippen molar-refractivity contribution in [1.29, 1.82) is 0 Å². The lowest BCUT2D eigenvalue weighted by Gasteiger charge is -2.45. The lowest BCUT2D eigenvalue weighted by Crippen LogP contribution is -2.35. The summed E-state index contributed by atoms with van der Waals surface area (Å²) in [6.07, 6.45) is 16.4. The lowest BCUT2D eigenvalue weighted by molar-refractivity contribution is -0.140. The number of esters is 1. The van der Waals surface area contributed by atoms with Crippen LogP contribution in [0.15, 0.2) is 12.1 Å². The van der Waals surface area contributed by atoms with Crippen molar-refractivity contribution in [3.05, 3.63) is 29.3 Å². The number of carbonyl (C=O) groups is 1. The van der Waals surface area contributed by atoms with Crippen molar-refractivity contribution < 1.29 is 18.3 Å². The van der Waals surface area contributed by atoms with Gasteiger partial charge in [-0.15, -0.1) is 0 Å². The summed E-state index contributed by atoms with van der Waals surface area (Å²) in [7, 11) is 0. The van der Waals surface area contributed by atoms with E-state index in [2.05, 4.69) is 6.92 Å². The quantitative estimate of drug-likeness (QED) is 0.327. The largest absolute Gasteiger partial charge is 0.423 e. The summed E-state index contributed by atoms with van der Waals surface area (Å²) in [5, 5.41) is 0. The van der Waals surface area contributed by atoms with E-state index in [1.165, 1.54) is 76.8 Å². The minimum absolute atomic E-state index is 0.194. The molecule has 4 heteroatoms. The Kier molecular flexibility index (Phi) is 7.89. The van der Waals surface area contributed by atoms with E-state index < -0.39 is 17.6 Å². The van der Waals surface area contributed by atoms with Gasteiger partial charge in [0.2, 0.25) is 5.82 Å². The number of aryl methyl sites for hydroxylation is 1. The Morgan fingerprint density at radius 1 is 0.875 bits per heavy atom. The van der Waals surface area contributed by atoms with Crippen LogP contribution in [0.3, 0.4) is 0 Å². The minimum atomic E-state index is -1.06. The van der Waals surface area contributed by atoms with Crippen molar-refractivity contribution >= 4 is 5.97 Å². The maximum absolute atomic E-state index is 14.1. The predicted octanol–water partition coefficient (Wildman–Crippen LogP) is 8.01. The molecule has 0 radical (unpaired) electrons. The Balaban J connectivity index is 1.24. The Bertz CT molecular complexity index is 784. The van der Waals surface area contributed by atoms with Gasteiger partial charge in [0.05, 0.1) is 5.92 Å². The first kappa shape index (κ1) is 23.7. The summed E-state index contributed by atoms with van der Waals surface area (Å²) in [4.78, 5) is 12.6. The van der Waals surface area contributed by atoms with E-state index in [1.54, 1.807) is 0 Å². The normalized spacial score (nSPS) is 32.9. The van der Waals surface area contributed by atoms with Crippen molar-refractivity contribution in [2.45, 2.75) is 97.3 Å². The van der Waals surface area contributed by atoms with E-state index in [-0.39, 0.29) is 17.2 Å². The summed E-state index contributed by atoms with van der Waals surface area (Å²) in [5.41, 5.74) is 0.215. The summed E-state index contributed by atoms with van der Waals surface area (Å²) in [6, 6.07) is 2.80. The van der Waals surface area contributed by atoms with E-state index in [1.807, 2.05) is 0 Å². The summed E-state index contributed by atoms with van der Waals surface area (Å²) in [5.74, 6) is 1.50. The third-order valence-electron chi connectivity index (χ3n) is 8.95. The molecule has 178 valence electrons. The number of halogens is 2. The predicted molar refractivity (Wildman–Crippen MR) is 123 cm³/mol. The molecule has 3 fully saturated rings. The third kappa shape index (κ3) is 5.37. The first-order valence-corrected chi connectivity index (χ1v) is 13.1. The molecule has 4 rings (SSSR count). The number of ether oxygens (including phenoxy) is 1. The first-order valence-electron chi connectivity index (χ1n) is 13.1. The van der Waals surface area contributed by atoms with Crippen LogP contribution in [0, 0.1) is 54.1 Å². The van der Waals surface area contributed by atoms with E-state index in [0.29, 0.717) is 5.92 Å². The third-order valence-corrected chi connectivity index (χ3v) is 8.95. The Morgan fingerprint density at radius 3 is 2.22 bits per heavy atom. The molecule has 0 N–H and O–H groups in total. The molecule has 3 aliphatic carbocycles. The molecule has 3 aliphatic rings. The molecule has 4 atom stereocenters. The number of fused-ring (bicyclic) bond motifs is 1. The standard InChI is InChI=1S/C28H40F2O2/c1-3-4-5-19-7-8-24-17-23(14-13-22(24)16-19)20-9-11-21(12-10-20)28(31)32-25-15-6-18(2)26(29)27(25)30/h6,15,19-24H,3-5,7-14,16-17H2,1-2H3. The van der Waals surface area contributed by atoms with Crippen LogP contribution in [0.25, 0.3) is 0 Å². The molecule has 0 aliphatic heterocycles. The molecule has 4 unspecified atom stereocenters. The van der Waals surface area contributed by atoms with E-state index in [0.717, 1.165) is 49.4 Å². The van der Waals surface area contributed by atoms with Crippen LogP contribution < -0.4 is 4.74 Å². The molecule has 0 saturated heterocycles. The van der Waals surface area contributed by atoms with Crippen LogP contribution >= 0.6 is 0 Å². The molecule has 1 aromatic carbocycles. The fraction of sp³-hybridized carbons (Fsp3) is 0.750. The van der Waals surface area contributed by atoms with Crippen LogP contribution in [0.1, 0.15) is 96.0 Å². The molecular weight excluding hydrogens is 406 g/mol. The second-order valence-corrected chi connectivity index (χ2v) is 11.0. The highest BCUT2D eigenvalue weighted by Gasteiger charge is 2.39. The fourth-order valence-corrected chi connectivity index (χ4v) is 6.93. The van der Waals surface area contributed by atoms with Gasteiger partial charge >= 0.3 is 5.97 Å². The minimum Gasteiger partial charge on any atom is -0.423 e. The molecule has 0 aromatic heterocycles. The fourth-order valence-electron chi connectivity index (χ4n) is 6.93. The zero-order valence-corrected chi connectivity index (χ0v) is 19.9. The highest BCUT2D eigenvalue weighted by atomic mass is 19.2. The number of carbonyl (C=O) groups excluding carboxylic acids is 1. The van der Waals surface area contributed by atoms with Gasteiger partial charge < -0.3 is 4.74 Å². The second-order valence-electron chi connectivity index (χ2n) is 11.0. The van der Waals surface area contributed by atoms with Crippen LogP contribution in [-0.2, 0) is 4.79 Å². The van der Waals surface area contributed by atoms with Crippen LogP contribution in [0.2, 0.25) is 0 Å². The molecule has 0 bridgehead atoms. The molecule has 0 amide bonds. The molecular formula is C28H40F2O2. The lowest BCUT2D eigenvalue weighted by atomic mass is 9.60. The average Bonchev–Trinajstić information content (AvgIpc) is 2.82. The van der Waals surface area contributed by atoms with Gasteiger partial charge in [-0.05, 0) is 106 Å². The van der Waals surface area contributed by atoms with Crippen molar-refractivity contribution in [3.63, 3.8) is 0 Å². The monoisotopic (exact) mass is 446 g/mol. The molecule has 0 spiro atoms. The topological polar surface area (TPSA) is 26.3 Å². The molecule has 2 nitrogen and oxygen atoms in total. The van der Waals surface area contributed by atoms with Gasteiger partial charge in [-0.1, -0.05) is 38.7 Å². The zero-order chi connectivity index (χ0) is 22.7. The first-order chi connectivity index (χ1) is 15.5. The van der Waals surface area contributed by atoms with E-state index >= 15 is 0 Å². The SMILES string of the molecule is CCCCC1CCC2CC(C3CCC(C(=O)Oc4ccc(C)c(F)c4F)CC3)CCC2C1. The second kappa shape index (κ2) is 10.7. The highest BCUT2D eigenvalue weighted by Crippen LogP contribution is 2.49. The van der Waals surface area contributed by atoms with E-state index in [9.17, 15) is 13.6 Å². The van der Waals surface area contributed by atoms with Gasteiger partial charge in [0.25, 0.3) is 0 Å². The molecule has 1 aromatic rings. The summed E-state index contributed by atoms with van der Waals surface area (Å²) < 4.78 is 33.1. The van der Waals surface area contributed by atoms with E-state index in [4.69, 9.17) is 4.74 Å². The van der Waals surface area contributed by atoms with Gasteiger partial charge in [-0.25, -0.2) is 4.39 Å². The van der Waals surface area contributed by atoms with Gasteiger partial charge in [0.1, 0.15) is 0 Å². The van der Waals surface area contributed by atoms with Gasteiger partial charge in [0, 0.05) is 0 Å². The molecule has 3 saturated carbocycles. The zero-order valence-electron chi connectivity index (χ0n) is 19.9. The molecule has 0 heterocycles. The van der Waals surface area contributed by atoms with Crippen molar-refractivity contribution in [3.8, 4) is 5.75 Å². The van der Waals surface area contributed by atoms with Crippen molar-refractivity contribution in [2.75, 3.05) is 0 Å². The van der Waals surface area contributed by atoms with Crippen LogP contribution in [0.5, 0.6) is 5.75 Å². The average molecular weight is 447 g/mol. The summed E-state index contributed by atoms with van der Waals surface area (Å²) in [6.45, 7) is 3.79. The van der Waals surface area contributed by atoms with Crippen molar-refractivity contribution in [2.24, 2.45) is 35.5 Å². The number of unbranched alkanes of at least 4 members (excludes halogenated alkanes) is 1. The van der Waals surface area contributed by atoms with Gasteiger partial charge in [-0.3, -0.25) is 4.79 Å². The Morgan fingerprint density at radius 2 is 1.50 bits per heavy atom. The number of hydrogen-bond donors (Lipinski definition) is 0. The Hall–Kier alpha value is -1.45. The summed E-state index contributed by atoms with van der Waals surface area (Å²) >= 11 is 0. The van der Waals surface area contributed by atoms with Crippen LogP contribution in [0.4, 0.5) is 8.78 Å². The molecule has 32 heavy (non-hydrogen) atoms. The van der Waals surface area contributed by atoms with Crippen molar-refractivity contribution in [1.82, 2.24) is 0 Å². The highest BCUT2D eigenvalue weighted by molar-refractivity contribution is 5.75. The smallest absolute Gasteiger partial charge is 0.314 e. The van der Waals surface area contributed by atoms with Gasteiger partial charge in [-0.2, -0.15) is 4.39 Å². The maximum atomic E-state index is 14.1. The van der Waals surface area contributed by atoms with Gasteiger partial charge in [0.15, 0.2) is 11.6 Å². The maximum Gasteiger partial charge on any atom is 0.314 e.